The average molecular weight is 359 g/mol. The van der Waals surface area contributed by atoms with Crippen LogP contribution in [0.5, 0.6) is 0 Å². The highest BCUT2D eigenvalue weighted by Gasteiger charge is 2.41. The molecule has 1 atom stereocenters. The van der Waals surface area contributed by atoms with Crippen molar-refractivity contribution in [3.8, 4) is 0 Å². The molecule has 130 valence electrons. The third-order valence-electron chi connectivity index (χ3n) is 4.24. The van der Waals surface area contributed by atoms with E-state index in [1.807, 2.05) is 19.9 Å². The lowest BCUT2D eigenvalue weighted by Crippen LogP contribution is -2.47. The van der Waals surface area contributed by atoms with E-state index < -0.39 is 16.1 Å². The maximum atomic E-state index is 12.9. The molecule has 0 aromatic carbocycles. The maximum Gasteiger partial charge on any atom is 0.253 e. The van der Waals surface area contributed by atoms with Gasteiger partial charge in [-0.15, -0.1) is 11.3 Å². The van der Waals surface area contributed by atoms with Gasteiger partial charge in [-0.25, -0.2) is 8.42 Å². The number of thiophene rings is 1. The Morgan fingerprint density at radius 3 is 2.70 bits per heavy atom. The molecular formula is C16H26N2O3S2. The average Bonchev–Trinajstić information content (AvgIpc) is 3.17. The molecule has 0 bridgehead atoms. The monoisotopic (exact) mass is 358 g/mol. The van der Waals surface area contributed by atoms with Crippen molar-refractivity contribution in [2.75, 3.05) is 19.6 Å². The zero-order chi connectivity index (χ0) is 17.0. The quantitative estimate of drug-likeness (QED) is 0.753. The highest BCUT2D eigenvalue weighted by atomic mass is 32.2. The molecule has 1 aliphatic rings. The molecule has 5 nitrogen and oxygen atoms in total. The van der Waals surface area contributed by atoms with Crippen molar-refractivity contribution in [3.63, 3.8) is 0 Å². The maximum absolute atomic E-state index is 12.9. The highest BCUT2D eigenvalue weighted by Crippen LogP contribution is 2.30. The van der Waals surface area contributed by atoms with E-state index in [0.29, 0.717) is 30.3 Å². The summed E-state index contributed by atoms with van der Waals surface area (Å²) in [5, 5.41) is 0. The molecule has 0 saturated carbocycles. The molecule has 7 heteroatoms. The van der Waals surface area contributed by atoms with Crippen molar-refractivity contribution in [1.29, 1.82) is 0 Å². The lowest BCUT2D eigenvalue weighted by Gasteiger charge is -2.28. The van der Waals surface area contributed by atoms with Crippen LogP contribution in [0.25, 0.3) is 0 Å². The van der Waals surface area contributed by atoms with Gasteiger partial charge in [-0.1, -0.05) is 13.3 Å². The van der Waals surface area contributed by atoms with E-state index >= 15 is 0 Å². The Hall–Kier alpha value is -0.920. The van der Waals surface area contributed by atoms with Gasteiger partial charge in [0.1, 0.15) is 10.3 Å². The molecule has 0 spiro atoms. The standard InChI is InChI=1S/C16H26N2O3S2/c1-4-6-11-17(5-2)16(19)14-8-7-12-18(14)23(20,21)15-10-9-13(3)22-15/h9-10,14H,4-8,11-12H2,1-3H3. The van der Waals surface area contributed by atoms with Crippen molar-refractivity contribution >= 4 is 27.3 Å². The molecule has 2 heterocycles. The Balaban J connectivity index is 2.20. The van der Waals surface area contributed by atoms with Crippen molar-refractivity contribution in [1.82, 2.24) is 9.21 Å². The second-order valence-corrected chi connectivity index (χ2v) is 9.32. The van der Waals surface area contributed by atoms with Crippen LogP contribution in [0, 0.1) is 6.92 Å². The topological polar surface area (TPSA) is 57.7 Å². The Kier molecular flexibility index (Phi) is 6.22. The lowest BCUT2D eigenvalue weighted by molar-refractivity contribution is -0.134. The molecule has 1 fully saturated rings. The van der Waals surface area contributed by atoms with Crippen LogP contribution in [0.15, 0.2) is 16.3 Å². The first-order valence-electron chi connectivity index (χ1n) is 8.28. The largest absolute Gasteiger partial charge is 0.342 e. The molecule has 1 unspecified atom stereocenters. The van der Waals surface area contributed by atoms with Gasteiger partial charge in [0.2, 0.25) is 5.91 Å². The van der Waals surface area contributed by atoms with E-state index in [9.17, 15) is 13.2 Å². The lowest BCUT2D eigenvalue weighted by atomic mass is 10.2. The molecule has 0 N–H and O–H groups in total. The number of nitrogens with zero attached hydrogens (tertiary/aromatic N) is 2. The summed E-state index contributed by atoms with van der Waals surface area (Å²) in [5.41, 5.74) is 0. The molecule has 1 aromatic rings. The molecule has 1 saturated heterocycles. The fraction of sp³-hybridized carbons (Fsp3) is 0.688. The fourth-order valence-corrected chi connectivity index (χ4v) is 5.99. The first-order valence-corrected chi connectivity index (χ1v) is 10.5. The molecule has 1 aliphatic heterocycles. The van der Waals surface area contributed by atoms with Crippen molar-refractivity contribution < 1.29 is 13.2 Å². The van der Waals surface area contributed by atoms with Gasteiger partial charge in [-0.3, -0.25) is 4.79 Å². The van der Waals surface area contributed by atoms with E-state index in [1.54, 1.807) is 11.0 Å². The van der Waals surface area contributed by atoms with Crippen molar-refractivity contribution in [3.05, 3.63) is 17.0 Å². The third-order valence-corrected chi connectivity index (χ3v) is 7.62. The van der Waals surface area contributed by atoms with Gasteiger partial charge >= 0.3 is 0 Å². The van der Waals surface area contributed by atoms with E-state index in [4.69, 9.17) is 0 Å². The van der Waals surface area contributed by atoms with Crippen LogP contribution in [0.3, 0.4) is 0 Å². The highest BCUT2D eigenvalue weighted by molar-refractivity contribution is 7.91. The van der Waals surface area contributed by atoms with Crippen LogP contribution in [-0.2, 0) is 14.8 Å². The van der Waals surface area contributed by atoms with Gasteiger partial charge in [0, 0.05) is 24.5 Å². The number of hydrogen-bond acceptors (Lipinski definition) is 4. The van der Waals surface area contributed by atoms with Crippen molar-refractivity contribution in [2.45, 2.75) is 56.7 Å². The molecule has 1 amide bonds. The summed E-state index contributed by atoms with van der Waals surface area (Å²) in [4.78, 5) is 15.6. The summed E-state index contributed by atoms with van der Waals surface area (Å²) < 4.78 is 27.5. The minimum atomic E-state index is -3.57. The van der Waals surface area contributed by atoms with Crippen LogP contribution in [-0.4, -0.2) is 49.2 Å². The first-order chi connectivity index (χ1) is 10.9. The Morgan fingerprint density at radius 1 is 1.39 bits per heavy atom. The van der Waals surface area contributed by atoms with Gasteiger partial charge in [-0.2, -0.15) is 4.31 Å². The zero-order valence-corrected chi connectivity index (χ0v) is 15.8. The number of likely N-dealkylation sites (N-methyl/N-ethyl adjacent to an activating group) is 1. The SMILES string of the molecule is CCCCN(CC)C(=O)C1CCCN1S(=O)(=O)c1ccc(C)s1. The van der Waals surface area contributed by atoms with Gasteiger partial charge in [-0.05, 0) is 45.2 Å². The number of carbonyl (C=O) groups is 1. The molecule has 2 rings (SSSR count). The van der Waals surface area contributed by atoms with Crippen LogP contribution in [0.4, 0.5) is 0 Å². The van der Waals surface area contributed by atoms with Gasteiger partial charge in [0.05, 0.1) is 0 Å². The zero-order valence-electron chi connectivity index (χ0n) is 14.1. The number of amides is 1. The fourth-order valence-electron chi connectivity index (χ4n) is 2.92. The first kappa shape index (κ1) is 18.4. The van der Waals surface area contributed by atoms with Crippen LogP contribution < -0.4 is 0 Å². The van der Waals surface area contributed by atoms with E-state index in [2.05, 4.69) is 6.92 Å². The smallest absolute Gasteiger partial charge is 0.253 e. The number of hydrogen-bond donors (Lipinski definition) is 0. The number of sulfonamides is 1. The van der Waals surface area contributed by atoms with Crippen LogP contribution in [0.1, 0.15) is 44.4 Å². The Labute approximate surface area is 143 Å². The summed E-state index contributed by atoms with van der Waals surface area (Å²) >= 11 is 1.27. The minimum Gasteiger partial charge on any atom is -0.342 e. The number of aryl methyl sites for hydroxylation is 1. The predicted molar refractivity (Wildman–Crippen MR) is 93.1 cm³/mol. The van der Waals surface area contributed by atoms with E-state index in [-0.39, 0.29) is 5.91 Å². The number of rotatable bonds is 7. The Bertz CT molecular complexity index is 640. The Morgan fingerprint density at radius 2 is 2.13 bits per heavy atom. The minimum absolute atomic E-state index is 0.0460. The number of unbranched alkanes of at least 4 members (excludes halogenated alkanes) is 1. The van der Waals surface area contributed by atoms with Gasteiger partial charge < -0.3 is 4.90 Å². The summed E-state index contributed by atoms with van der Waals surface area (Å²) in [6, 6.07) is 2.91. The molecular weight excluding hydrogens is 332 g/mol. The summed E-state index contributed by atoms with van der Waals surface area (Å²) in [7, 11) is -3.57. The third kappa shape index (κ3) is 3.95. The summed E-state index contributed by atoms with van der Waals surface area (Å²) in [6.07, 6.45) is 3.32. The molecule has 0 aliphatic carbocycles. The normalized spacial score (nSPS) is 19.2. The second kappa shape index (κ2) is 7.77. The number of carbonyl (C=O) groups excluding carboxylic acids is 1. The van der Waals surface area contributed by atoms with Gasteiger partial charge in [0.25, 0.3) is 10.0 Å². The van der Waals surface area contributed by atoms with Gasteiger partial charge in [0.15, 0.2) is 0 Å². The second-order valence-electron chi connectivity index (χ2n) is 5.91. The van der Waals surface area contributed by atoms with E-state index in [1.165, 1.54) is 15.6 Å². The molecule has 1 aromatic heterocycles. The molecule has 23 heavy (non-hydrogen) atoms. The van der Waals surface area contributed by atoms with Crippen molar-refractivity contribution in [2.24, 2.45) is 0 Å². The summed E-state index contributed by atoms with van der Waals surface area (Å²) in [6.45, 7) is 7.68. The predicted octanol–water partition coefficient (Wildman–Crippen LogP) is 2.86. The summed E-state index contributed by atoms with van der Waals surface area (Å²) in [5.74, 6) is -0.0460. The van der Waals surface area contributed by atoms with E-state index in [0.717, 1.165) is 24.1 Å². The van der Waals surface area contributed by atoms with Crippen LogP contribution in [0.2, 0.25) is 0 Å². The van der Waals surface area contributed by atoms with Crippen LogP contribution >= 0.6 is 11.3 Å². The molecule has 0 radical (unpaired) electrons.